The summed E-state index contributed by atoms with van der Waals surface area (Å²) in [7, 11) is 1.23. The number of ether oxygens (including phenoxy) is 1. The van der Waals surface area contributed by atoms with E-state index in [4.69, 9.17) is 4.74 Å². The van der Waals surface area contributed by atoms with Gasteiger partial charge in [0.05, 0.1) is 7.11 Å². The Morgan fingerprint density at radius 1 is 0.973 bits per heavy atom. The van der Waals surface area contributed by atoms with Gasteiger partial charge in [0.25, 0.3) is 11.8 Å². The molecule has 2 amide bonds. The second kappa shape index (κ2) is 10.7. The summed E-state index contributed by atoms with van der Waals surface area (Å²) in [5, 5.41) is 25.6. The van der Waals surface area contributed by atoms with Crippen LogP contribution in [0.2, 0.25) is 0 Å². The van der Waals surface area contributed by atoms with Crippen LogP contribution in [0.15, 0.2) is 60.3 Å². The summed E-state index contributed by atoms with van der Waals surface area (Å²) in [5.41, 5.74) is 4.44. The fraction of sp³-hybridized carbons (Fsp3) is 0.148. The van der Waals surface area contributed by atoms with E-state index in [9.17, 15) is 19.5 Å². The largest absolute Gasteiger partial charge is 0.508 e. The third kappa shape index (κ3) is 5.81. The van der Waals surface area contributed by atoms with Crippen molar-refractivity contribution in [3.63, 3.8) is 0 Å². The van der Waals surface area contributed by atoms with E-state index in [-0.39, 0.29) is 23.9 Å². The number of esters is 1. The number of aromatic hydroxyl groups is 1. The number of aromatic nitrogens is 3. The summed E-state index contributed by atoms with van der Waals surface area (Å²) >= 11 is 0. The van der Waals surface area contributed by atoms with Gasteiger partial charge in [0.2, 0.25) is 0 Å². The minimum Gasteiger partial charge on any atom is -0.508 e. The zero-order valence-corrected chi connectivity index (χ0v) is 20.5. The Morgan fingerprint density at radius 3 is 2.41 bits per heavy atom. The van der Waals surface area contributed by atoms with Crippen LogP contribution in [0, 0.1) is 13.8 Å². The monoisotopic (exact) mass is 499 g/mol. The van der Waals surface area contributed by atoms with Crippen LogP contribution in [-0.4, -0.2) is 45.4 Å². The minimum atomic E-state index is -0.716. The number of hydrogen-bond donors (Lipinski definition) is 4. The highest BCUT2D eigenvalue weighted by molar-refractivity contribution is 6.05. The molecule has 10 nitrogen and oxygen atoms in total. The number of amides is 2. The fourth-order valence-electron chi connectivity index (χ4n) is 3.96. The normalized spacial score (nSPS) is 11.3. The molecule has 4 aromatic rings. The van der Waals surface area contributed by atoms with Crippen LogP contribution >= 0.6 is 0 Å². The summed E-state index contributed by atoms with van der Waals surface area (Å²) in [6.45, 7) is 3.67. The van der Waals surface area contributed by atoms with Crippen LogP contribution in [0.4, 0.5) is 0 Å². The van der Waals surface area contributed by atoms with Crippen molar-refractivity contribution in [3.8, 4) is 5.75 Å². The highest BCUT2D eigenvalue weighted by Gasteiger charge is 2.20. The Kier molecular flexibility index (Phi) is 7.28. The Bertz CT molecular complexity index is 1520. The number of phenolic OH excluding ortho intramolecular Hbond substituents is 1. The maximum atomic E-state index is 13.2. The molecule has 37 heavy (non-hydrogen) atoms. The van der Waals surface area contributed by atoms with E-state index in [1.807, 2.05) is 0 Å². The van der Waals surface area contributed by atoms with Crippen molar-refractivity contribution in [3.05, 3.63) is 93.7 Å². The topological polar surface area (TPSA) is 146 Å². The van der Waals surface area contributed by atoms with Gasteiger partial charge in [0, 0.05) is 17.7 Å². The molecule has 0 radical (unpaired) electrons. The molecule has 0 aliphatic rings. The number of carbonyl (C=O) groups is 3. The fourth-order valence-corrected chi connectivity index (χ4v) is 3.96. The van der Waals surface area contributed by atoms with E-state index in [2.05, 4.69) is 26.0 Å². The molecule has 0 atom stereocenters. The molecule has 0 aliphatic heterocycles. The molecule has 0 bridgehead atoms. The van der Waals surface area contributed by atoms with Crippen LogP contribution < -0.4 is 10.6 Å². The maximum Gasteiger partial charge on any atom is 0.354 e. The first-order valence-electron chi connectivity index (χ1n) is 11.3. The quantitative estimate of drug-likeness (QED) is 0.226. The summed E-state index contributed by atoms with van der Waals surface area (Å²) in [5.74, 6) is -1.43. The molecular weight excluding hydrogens is 474 g/mol. The van der Waals surface area contributed by atoms with Gasteiger partial charge in [-0.15, -0.1) is 0 Å². The second-order valence-electron chi connectivity index (χ2n) is 8.41. The number of fused-ring (bicyclic) bond motifs is 1. The van der Waals surface area contributed by atoms with Gasteiger partial charge < -0.3 is 20.5 Å². The first kappa shape index (κ1) is 25.1. The first-order valence-corrected chi connectivity index (χ1v) is 11.3. The molecule has 3 aromatic carbocycles. The highest BCUT2D eigenvalue weighted by atomic mass is 16.5. The third-order valence-corrected chi connectivity index (χ3v) is 5.69. The number of aryl methyl sites for hydroxylation is 2. The van der Waals surface area contributed by atoms with Crippen molar-refractivity contribution in [2.75, 3.05) is 7.11 Å². The standard InChI is InChI=1S/C27H25N5O5/c1-15-9-19(25(34)28-14-18-5-4-6-20(33)11-18)10-16(2)24(15)26(35)29-23(27(36)37-3)13-17-7-8-21-22(12-17)31-32-30-21/h4-13,33H,14H2,1-3H3,(H,28,34)(H,29,35)(H,30,31,32). The molecule has 0 fully saturated rings. The van der Waals surface area contributed by atoms with Crippen LogP contribution in [-0.2, 0) is 16.1 Å². The highest BCUT2D eigenvalue weighted by Crippen LogP contribution is 2.19. The predicted octanol–water partition coefficient (Wildman–Crippen LogP) is 3.15. The molecule has 0 aliphatic carbocycles. The van der Waals surface area contributed by atoms with E-state index in [0.29, 0.717) is 38.9 Å². The summed E-state index contributed by atoms with van der Waals surface area (Å²) in [6.07, 6.45) is 1.49. The molecule has 4 rings (SSSR count). The van der Waals surface area contributed by atoms with Crippen LogP contribution in [0.3, 0.4) is 0 Å². The first-order chi connectivity index (χ1) is 17.7. The average Bonchev–Trinajstić information content (AvgIpc) is 3.34. The van der Waals surface area contributed by atoms with Crippen molar-refractivity contribution in [2.24, 2.45) is 0 Å². The number of benzene rings is 3. The van der Waals surface area contributed by atoms with Crippen molar-refractivity contribution in [1.82, 2.24) is 26.0 Å². The van der Waals surface area contributed by atoms with Gasteiger partial charge in [0.1, 0.15) is 22.5 Å². The zero-order valence-electron chi connectivity index (χ0n) is 20.5. The summed E-state index contributed by atoms with van der Waals surface area (Å²) < 4.78 is 4.85. The minimum absolute atomic E-state index is 0.0536. The van der Waals surface area contributed by atoms with E-state index in [1.54, 1.807) is 68.4 Å². The maximum absolute atomic E-state index is 13.2. The number of aromatic amines is 1. The Morgan fingerprint density at radius 2 is 1.70 bits per heavy atom. The number of nitrogens with zero attached hydrogens (tertiary/aromatic N) is 2. The predicted molar refractivity (Wildman–Crippen MR) is 137 cm³/mol. The zero-order chi connectivity index (χ0) is 26.5. The van der Waals surface area contributed by atoms with Gasteiger partial charge in [-0.05, 0) is 78.6 Å². The molecular formula is C27H25N5O5. The Labute approximate surface area is 212 Å². The van der Waals surface area contributed by atoms with E-state index < -0.39 is 11.9 Å². The molecule has 0 saturated heterocycles. The number of phenols is 1. The molecule has 0 spiro atoms. The van der Waals surface area contributed by atoms with Gasteiger partial charge in [-0.3, -0.25) is 9.59 Å². The lowest BCUT2D eigenvalue weighted by molar-refractivity contribution is -0.136. The van der Waals surface area contributed by atoms with Crippen molar-refractivity contribution in [1.29, 1.82) is 0 Å². The molecule has 188 valence electrons. The molecule has 1 heterocycles. The lowest BCUT2D eigenvalue weighted by Gasteiger charge is -2.14. The smallest absolute Gasteiger partial charge is 0.354 e. The molecule has 0 saturated carbocycles. The van der Waals surface area contributed by atoms with Gasteiger partial charge in [-0.1, -0.05) is 18.2 Å². The number of rotatable bonds is 7. The third-order valence-electron chi connectivity index (χ3n) is 5.69. The molecule has 4 N–H and O–H groups in total. The number of H-pyrrole nitrogens is 1. The van der Waals surface area contributed by atoms with Crippen molar-refractivity contribution >= 4 is 34.9 Å². The van der Waals surface area contributed by atoms with Gasteiger partial charge in [0.15, 0.2) is 0 Å². The van der Waals surface area contributed by atoms with E-state index >= 15 is 0 Å². The van der Waals surface area contributed by atoms with Gasteiger partial charge in [-0.2, -0.15) is 15.4 Å². The Hall–Kier alpha value is -4.99. The van der Waals surface area contributed by atoms with Crippen LogP contribution in [0.1, 0.15) is 43.0 Å². The second-order valence-corrected chi connectivity index (χ2v) is 8.41. The molecule has 0 unspecified atom stereocenters. The average molecular weight is 500 g/mol. The van der Waals surface area contributed by atoms with E-state index in [0.717, 1.165) is 5.56 Å². The number of carbonyl (C=O) groups excluding carboxylic acids is 3. The number of nitrogens with one attached hydrogen (secondary N) is 3. The Balaban J connectivity index is 1.53. The lowest BCUT2D eigenvalue weighted by atomic mass is 9.98. The lowest BCUT2D eigenvalue weighted by Crippen LogP contribution is -2.29. The summed E-state index contributed by atoms with van der Waals surface area (Å²) in [4.78, 5) is 38.3. The van der Waals surface area contributed by atoms with Crippen molar-refractivity contribution < 1.29 is 24.2 Å². The van der Waals surface area contributed by atoms with Gasteiger partial charge >= 0.3 is 5.97 Å². The summed E-state index contributed by atoms with van der Waals surface area (Å²) in [6, 6.07) is 15.0. The van der Waals surface area contributed by atoms with Crippen LogP contribution in [0.25, 0.3) is 17.1 Å². The van der Waals surface area contributed by atoms with Crippen LogP contribution in [0.5, 0.6) is 5.75 Å². The van der Waals surface area contributed by atoms with Crippen molar-refractivity contribution in [2.45, 2.75) is 20.4 Å². The van der Waals surface area contributed by atoms with E-state index in [1.165, 1.54) is 13.2 Å². The number of hydrogen-bond acceptors (Lipinski definition) is 7. The molecule has 1 aromatic heterocycles. The number of methoxy groups -OCH3 is 1. The molecule has 10 heteroatoms. The SMILES string of the molecule is COC(=O)C(=Cc1ccc2n[nH]nc2c1)NC(=O)c1c(C)cc(C(=O)NCc2cccc(O)c2)cc1C. The van der Waals surface area contributed by atoms with Gasteiger partial charge in [-0.25, -0.2) is 4.79 Å².